The Kier molecular flexibility index (Phi) is 6.29. The summed E-state index contributed by atoms with van der Waals surface area (Å²) in [6, 6.07) is 7.98. The van der Waals surface area contributed by atoms with Crippen LogP contribution in [0.25, 0.3) is 11.4 Å². The lowest BCUT2D eigenvalue weighted by atomic mass is 10.1. The monoisotopic (exact) mass is 317 g/mol. The molecule has 6 nitrogen and oxygen atoms in total. The second-order valence-electron chi connectivity index (χ2n) is 5.13. The van der Waals surface area contributed by atoms with Crippen LogP contribution in [0.15, 0.2) is 24.3 Å². The molecule has 0 aliphatic rings. The predicted octanol–water partition coefficient (Wildman–Crippen LogP) is 3.11. The molecule has 0 radical (unpaired) electrons. The van der Waals surface area contributed by atoms with Gasteiger partial charge in [-0.25, -0.2) is 0 Å². The van der Waals surface area contributed by atoms with E-state index in [2.05, 4.69) is 10.1 Å². The van der Waals surface area contributed by atoms with Crippen molar-refractivity contribution in [3.05, 3.63) is 29.8 Å². The van der Waals surface area contributed by atoms with E-state index in [-0.39, 0.29) is 11.9 Å². The van der Waals surface area contributed by atoms with Crippen molar-refractivity contribution in [3.63, 3.8) is 0 Å². The van der Waals surface area contributed by atoms with Crippen LogP contribution in [0.2, 0.25) is 0 Å². The van der Waals surface area contributed by atoms with Crippen LogP contribution in [-0.2, 0) is 4.74 Å². The van der Waals surface area contributed by atoms with Gasteiger partial charge in [0.05, 0.1) is 6.61 Å². The fraction of sp³-hybridized carbons (Fsp3) is 0.471. The molecule has 0 aliphatic heterocycles. The molecule has 0 unspecified atom stereocenters. The first-order valence-electron chi connectivity index (χ1n) is 7.94. The number of benzene rings is 1. The first-order chi connectivity index (χ1) is 11.2. The van der Waals surface area contributed by atoms with Crippen molar-refractivity contribution in [2.24, 2.45) is 0 Å². The van der Waals surface area contributed by atoms with Crippen molar-refractivity contribution in [2.75, 3.05) is 19.8 Å². The average molecular weight is 317 g/mol. The highest BCUT2D eigenvalue weighted by Crippen LogP contribution is 2.23. The van der Waals surface area contributed by atoms with E-state index in [1.54, 1.807) is 0 Å². The zero-order chi connectivity index (χ0) is 16.7. The van der Waals surface area contributed by atoms with Crippen molar-refractivity contribution in [1.29, 1.82) is 0 Å². The highest BCUT2D eigenvalue weighted by atomic mass is 16.5. The van der Waals surface area contributed by atoms with Gasteiger partial charge < -0.3 is 9.47 Å². The molecule has 0 amide bonds. The summed E-state index contributed by atoms with van der Waals surface area (Å²) in [5.41, 5.74) is 1.91. The lowest BCUT2D eigenvalue weighted by Crippen LogP contribution is -2.14. The van der Waals surface area contributed by atoms with Crippen molar-refractivity contribution < 1.29 is 14.3 Å². The second kappa shape index (κ2) is 8.43. The van der Waals surface area contributed by atoms with Gasteiger partial charge in [-0.05, 0) is 25.8 Å². The zero-order valence-electron chi connectivity index (χ0n) is 13.9. The Morgan fingerprint density at radius 1 is 1.22 bits per heavy atom. The quantitative estimate of drug-likeness (QED) is 0.700. The topological polar surface area (TPSA) is 66.2 Å². The number of aromatic nitrogens is 3. The van der Waals surface area contributed by atoms with Crippen molar-refractivity contribution >= 4 is 5.91 Å². The lowest BCUT2D eigenvalue weighted by molar-refractivity contribution is 0.0881. The van der Waals surface area contributed by atoms with Crippen LogP contribution in [-0.4, -0.2) is 40.5 Å². The summed E-state index contributed by atoms with van der Waals surface area (Å²) in [4.78, 5) is 16.7. The smallest absolute Gasteiger partial charge is 0.336 e. The van der Waals surface area contributed by atoms with E-state index >= 15 is 0 Å². The van der Waals surface area contributed by atoms with Crippen molar-refractivity contribution in [3.8, 4) is 17.4 Å². The minimum Gasteiger partial charge on any atom is -0.460 e. The maximum Gasteiger partial charge on any atom is 0.336 e. The van der Waals surface area contributed by atoms with Crippen LogP contribution in [0.4, 0.5) is 0 Å². The maximum atomic E-state index is 12.3. The number of aryl methyl sites for hydroxylation is 1. The molecule has 0 spiro atoms. The van der Waals surface area contributed by atoms with Crippen LogP contribution in [0, 0.1) is 6.92 Å². The Labute approximate surface area is 136 Å². The first-order valence-corrected chi connectivity index (χ1v) is 7.94. The van der Waals surface area contributed by atoms with E-state index in [4.69, 9.17) is 9.47 Å². The van der Waals surface area contributed by atoms with Gasteiger partial charge in [-0.3, -0.25) is 4.79 Å². The minimum atomic E-state index is -0.0853. The largest absolute Gasteiger partial charge is 0.460 e. The van der Waals surface area contributed by atoms with E-state index in [1.165, 1.54) is 4.68 Å². The highest BCUT2D eigenvalue weighted by molar-refractivity contribution is 5.82. The zero-order valence-corrected chi connectivity index (χ0v) is 13.9. The van der Waals surface area contributed by atoms with Gasteiger partial charge in [0, 0.05) is 18.6 Å². The number of nitrogens with zero attached hydrogens (tertiary/aromatic N) is 3. The summed E-state index contributed by atoms with van der Waals surface area (Å²) >= 11 is 0. The van der Waals surface area contributed by atoms with Gasteiger partial charge in [-0.2, -0.15) is 9.67 Å². The summed E-state index contributed by atoms with van der Waals surface area (Å²) < 4.78 is 12.1. The fourth-order valence-electron chi connectivity index (χ4n) is 2.18. The molecule has 23 heavy (non-hydrogen) atoms. The molecular weight excluding hydrogens is 294 g/mol. The van der Waals surface area contributed by atoms with Crippen LogP contribution < -0.4 is 4.74 Å². The highest BCUT2D eigenvalue weighted by Gasteiger charge is 2.19. The van der Waals surface area contributed by atoms with E-state index in [1.807, 2.05) is 45.0 Å². The molecule has 1 heterocycles. The van der Waals surface area contributed by atoms with E-state index in [0.717, 1.165) is 17.5 Å². The summed E-state index contributed by atoms with van der Waals surface area (Å²) in [7, 11) is 0. The molecule has 0 bridgehead atoms. The van der Waals surface area contributed by atoms with Crippen LogP contribution in [0.3, 0.4) is 0 Å². The van der Waals surface area contributed by atoms with E-state index in [9.17, 15) is 4.79 Å². The Hall–Kier alpha value is -2.21. The van der Waals surface area contributed by atoms with Crippen LogP contribution in [0.1, 0.15) is 37.0 Å². The van der Waals surface area contributed by atoms with Gasteiger partial charge >= 0.3 is 6.01 Å². The fourth-order valence-corrected chi connectivity index (χ4v) is 2.18. The van der Waals surface area contributed by atoms with Gasteiger partial charge in [-0.1, -0.05) is 31.2 Å². The molecule has 1 aromatic carbocycles. The third-order valence-electron chi connectivity index (χ3n) is 3.34. The third kappa shape index (κ3) is 4.39. The first kappa shape index (κ1) is 17.1. The lowest BCUT2D eigenvalue weighted by Gasteiger charge is -2.05. The number of hydrogen-bond acceptors (Lipinski definition) is 5. The minimum absolute atomic E-state index is 0.0853. The molecule has 0 atom stereocenters. The molecule has 124 valence electrons. The van der Waals surface area contributed by atoms with Gasteiger partial charge in [0.15, 0.2) is 5.82 Å². The Morgan fingerprint density at radius 3 is 2.70 bits per heavy atom. The molecule has 1 aromatic heterocycles. The van der Waals surface area contributed by atoms with Crippen LogP contribution >= 0.6 is 0 Å². The number of ether oxygens (including phenoxy) is 2. The van der Waals surface area contributed by atoms with Gasteiger partial charge in [-0.15, -0.1) is 5.10 Å². The van der Waals surface area contributed by atoms with E-state index < -0.39 is 0 Å². The maximum absolute atomic E-state index is 12.3. The Balaban J connectivity index is 2.29. The number of carbonyl (C=O) groups is 1. The molecule has 0 fully saturated rings. The average Bonchev–Trinajstić information content (AvgIpc) is 2.96. The molecule has 0 saturated heterocycles. The van der Waals surface area contributed by atoms with Gasteiger partial charge in [0.1, 0.15) is 6.61 Å². The Morgan fingerprint density at radius 2 is 2.00 bits per heavy atom. The Bertz CT molecular complexity index is 652. The summed E-state index contributed by atoms with van der Waals surface area (Å²) in [5, 5.41) is 4.22. The molecule has 2 aromatic rings. The molecule has 0 N–H and O–H groups in total. The second-order valence-corrected chi connectivity index (χ2v) is 5.13. The number of hydrogen-bond donors (Lipinski definition) is 0. The van der Waals surface area contributed by atoms with Gasteiger partial charge in [0.25, 0.3) is 0 Å². The van der Waals surface area contributed by atoms with Gasteiger partial charge in [0.2, 0.25) is 5.91 Å². The summed E-state index contributed by atoms with van der Waals surface area (Å²) in [5.74, 6) is 0.436. The van der Waals surface area contributed by atoms with Crippen molar-refractivity contribution in [1.82, 2.24) is 14.8 Å². The molecule has 6 heteroatoms. The predicted molar refractivity (Wildman–Crippen MR) is 87.7 cm³/mol. The third-order valence-corrected chi connectivity index (χ3v) is 3.34. The number of rotatable bonds is 8. The molecular formula is C17H23N3O3. The molecule has 0 aliphatic carbocycles. The van der Waals surface area contributed by atoms with E-state index in [0.29, 0.717) is 32.1 Å². The van der Waals surface area contributed by atoms with Crippen molar-refractivity contribution in [2.45, 2.75) is 33.6 Å². The standard InChI is InChI=1S/C17H23N3O3/c1-4-8-15(21)20-16(14-10-7-6-9-13(14)3)18-17(19-20)23-12-11-22-5-2/h6-7,9-10H,4-5,8,11-12H2,1-3H3. The molecule has 0 saturated carbocycles. The summed E-state index contributed by atoms with van der Waals surface area (Å²) in [6.45, 7) is 7.32. The number of carbonyl (C=O) groups excluding carboxylic acids is 1. The summed E-state index contributed by atoms with van der Waals surface area (Å²) in [6.07, 6.45) is 1.17. The normalized spacial score (nSPS) is 10.7. The van der Waals surface area contributed by atoms with Crippen LogP contribution in [0.5, 0.6) is 6.01 Å². The molecule has 2 rings (SSSR count). The SMILES string of the molecule is CCCC(=O)n1nc(OCCOCC)nc1-c1ccccc1C.